The van der Waals surface area contributed by atoms with Crippen molar-refractivity contribution in [3.63, 3.8) is 0 Å². The van der Waals surface area contributed by atoms with E-state index in [0.29, 0.717) is 39.3 Å². The van der Waals surface area contributed by atoms with Crippen LogP contribution >= 0.6 is 0 Å². The van der Waals surface area contributed by atoms with E-state index in [1.807, 2.05) is 154 Å². The maximum Gasteiger partial charge on any atom is 0.337 e. The first kappa shape index (κ1) is 71.8. The van der Waals surface area contributed by atoms with E-state index in [1.165, 1.54) is 31.5 Å². The van der Waals surface area contributed by atoms with Crippen molar-refractivity contribution in [3.8, 4) is 83.9 Å². The molecule has 0 amide bonds. The number of rotatable bonds is 14. The Morgan fingerprint density at radius 1 is 0.406 bits per heavy atom. The summed E-state index contributed by atoms with van der Waals surface area (Å²) < 4.78 is 9.74. The number of phenolic OH excluding ortho intramolecular Hbond substituents is 5. The summed E-state index contributed by atoms with van der Waals surface area (Å²) >= 11 is 0. The molecule has 0 heterocycles. The molecule has 96 heavy (non-hydrogen) atoms. The molecular formula is C82H69N5O9. The van der Waals surface area contributed by atoms with Crippen molar-refractivity contribution >= 4 is 71.6 Å². The summed E-state index contributed by atoms with van der Waals surface area (Å²) in [6.07, 6.45) is 32.9. The van der Waals surface area contributed by atoms with Crippen LogP contribution in [0.5, 0.6) is 34.5 Å². The van der Waals surface area contributed by atoms with Gasteiger partial charge >= 0.3 is 5.97 Å². The molecule has 0 aromatic heterocycles. The van der Waals surface area contributed by atoms with Crippen molar-refractivity contribution in [2.75, 3.05) is 14.2 Å². The highest BCUT2D eigenvalue weighted by Crippen LogP contribution is 2.26. The molecule has 10 rings (SSSR count). The Morgan fingerprint density at radius 2 is 0.750 bits per heavy atom. The number of methoxy groups -OCH3 is 2. The average Bonchev–Trinajstić information content (AvgIpc) is 1.45. The molecule has 0 atom stereocenters. The summed E-state index contributed by atoms with van der Waals surface area (Å²) in [5.41, 5.74) is 14.4. The number of esters is 1. The van der Waals surface area contributed by atoms with Gasteiger partial charge in [-0.3, -0.25) is 25.0 Å². The molecule has 0 aliphatic heterocycles. The fourth-order valence-corrected chi connectivity index (χ4v) is 8.32. The van der Waals surface area contributed by atoms with Gasteiger partial charge in [0.25, 0.3) is 0 Å². The van der Waals surface area contributed by atoms with Crippen LogP contribution in [-0.2, 0) is 11.3 Å². The number of hydrogen-bond donors (Lipinski definition) is 6. The smallest absolute Gasteiger partial charge is 0.337 e. The zero-order valence-corrected chi connectivity index (χ0v) is 53.4. The summed E-state index contributed by atoms with van der Waals surface area (Å²) in [5, 5.41) is 57.6. The second-order valence-electron chi connectivity index (χ2n) is 20.7. The van der Waals surface area contributed by atoms with Gasteiger partial charge in [-0.25, -0.2) is 4.79 Å². The van der Waals surface area contributed by atoms with Gasteiger partial charge in [-0.1, -0.05) is 95.0 Å². The molecule has 14 heteroatoms. The van der Waals surface area contributed by atoms with Crippen molar-refractivity contribution in [3.05, 3.63) is 296 Å². The van der Waals surface area contributed by atoms with E-state index in [0.717, 1.165) is 72.8 Å². The number of phenols is 5. The zero-order valence-electron chi connectivity index (χ0n) is 53.4. The fourth-order valence-electron chi connectivity index (χ4n) is 8.32. The lowest BCUT2D eigenvalue weighted by molar-refractivity contribution is 0.0600. The van der Waals surface area contributed by atoms with Crippen molar-refractivity contribution < 1.29 is 44.9 Å². The second kappa shape index (κ2) is 37.8. The summed E-state index contributed by atoms with van der Waals surface area (Å²) in [6.45, 7) is 5.91. The van der Waals surface area contributed by atoms with Crippen molar-refractivity contribution in [2.24, 2.45) is 25.0 Å². The Hall–Kier alpha value is -13.2. The Kier molecular flexibility index (Phi) is 28.3. The van der Waals surface area contributed by atoms with Crippen molar-refractivity contribution in [1.29, 1.82) is 0 Å². The van der Waals surface area contributed by atoms with Gasteiger partial charge in [0.15, 0.2) is 0 Å². The van der Waals surface area contributed by atoms with Gasteiger partial charge in [0.1, 0.15) is 34.5 Å². The lowest BCUT2D eigenvalue weighted by Crippen LogP contribution is -2.01. The molecule has 0 spiro atoms. The fraction of sp³-hybridized carbons (Fsp3) is 0.0732. The van der Waals surface area contributed by atoms with E-state index in [2.05, 4.69) is 53.4 Å². The first-order valence-electron chi connectivity index (χ1n) is 29.4. The van der Waals surface area contributed by atoms with E-state index >= 15 is 0 Å². The van der Waals surface area contributed by atoms with E-state index in [9.17, 15) is 30.3 Å². The van der Waals surface area contributed by atoms with Gasteiger partial charge in [0.05, 0.1) is 54.8 Å². The number of aliphatic hydroxyl groups excluding tert-OH is 1. The van der Waals surface area contributed by atoms with Gasteiger partial charge in [0.2, 0.25) is 0 Å². The number of aryl methyl sites for hydroxylation is 3. The van der Waals surface area contributed by atoms with Crippen LogP contribution in [0.1, 0.15) is 82.7 Å². The van der Waals surface area contributed by atoms with Gasteiger partial charge < -0.3 is 40.1 Å². The number of aliphatic hydroxyl groups is 1. The number of hydrogen-bond acceptors (Lipinski definition) is 14. The Labute approximate surface area is 560 Å². The van der Waals surface area contributed by atoms with Crippen LogP contribution in [-0.4, -0.2) is 81.9 Å². The molecule has 14 nitrogen and oxygen atoms in total. The monoisotopic (exact) mass is 1270 g/mol. The Bertz CT molecular complexity index is 4690. The number of aliphatic imine (C=N–C) groups is 5. The highest BCUT2D eigenvalue weighted by molar-refractivity contribution is 5.94. The SMILES string of the molecule is C#Cc1cccc(N=C/C=C/c2cc(C)ccc2O)c1.C#Cc1cccc(N=Cc2cc(C(=O)OC)ccc2O)c1.C#Cc1cccc(N=Cc2cc(C)ccc2O)c1.C#Cc1cccc(N=Cc2cc(OC)ccc2O)c1.Cc1ccc(O)c(C=Nc2cccc(CO)c2)c1. The maximum atomic E-state index is 11.5. The lowest BCUT2D eigenvalue weighted by atomic mass is 10.1. The van der Waals surface area contributed by atoms with E-state index in [4.69, 9.17) is 35.5 Å². The van der Waals surface area contributed by atoms with Gasteiger partial charge in [-0.15, -0.1) is 25.7 Å². The molecule has 0 aliphatic rings. The zero-order chi connectivity index (χ0) is 69.2. The molecule has 0 fully saturated rings. The molecule has 0 bridgehead atoms. The summed E-state index contributed by atoms with van der Waals surface area (Å²) in [6, 6.07) is 62.3. The molecular weight excluding hydrogens is 1200 g/mol. The minimum atomic E-state index is -0.473. The molecule has 10 aromatic rings. The number of benzene rings is 10. The number of terminal acetylenes is 4. The number of ether oxygens (including phenoxy) is 2. The summed E-state index contributed by atoms with van der Waals surface area (Å²) in [7, 11) is 2.87. The number of carbonyl (C=O) groups is 1. The van der Waals surface area contributed by atoms with Crippen LogP contribution in [0.25, 0.3) is 6.08 Å². The predicted molar refractivity (Wildman–Crippen MR) is 389 cm³/mol. The molecule has 476 valence electrons. The average molecular weight is 1270 g/mol. The largest absolute Gasteiger partial charge is 0.507 e. The molecule has 10 aromatic carbocycles. The van der Waals surface area contributed by atoms with E-state index in [-0.39, 0.29) is 35.4 Å². The maximum absolute atomic E-state index is 11.5. The first-order valence-corrected chi connectivity index (χ1v) is 29.4. The standard InChI is InChI=1S/C18H15NO.C17H13NO3.C16H13NO2.C16H13NO.C15H15NO2/c1-3-15-6-4-8-17(13-15)19-11-5-7-16-12-14(2)9-10-18(16)20;1-3-12-5-4-6-15(9-12)18-11-14-10-13(17(20)21-2)7-8-16(14)19;1-3-12-5-4-6-14(9-12)17-11-13-10-15(19-2)7-8-16(13)18;1-3-13-5-4-6-15(10-13)17-11-14-9-12(2)7-8-16(14)18;1-11-5-6-15(18)13(7-11)9-16-14-4-2-3-12(8-14)10-17/h1,4-13,20H,2H3;1,4-11,19H,2H3;1,4-11,18H,2H3;1,4-11,18H,2H3;2-9,17-18H,10H2,1H3/b7-5+,19-11?;;;;. The number of nitrogens with zero attached hydrogens (tertiary/aromatic N) is 5. The second-order valence-corrected chi connectivity index (χ2v) is 20.7. The third-order valence-electron chi connectivity index (χ3n) is 13.4. The predicted octanol–water partition coefficient (Wildman–Crippen LogP) is 16.5. The Balaban J connectivity index is 0.000000190. The van der Waals surface area contributed by atoms with Crippen LogP contribution in [0.3, 0.4) is 0 Å². The van der Waals surface area contributed by atoms with Crippen LogP contribution in [0.15, 0.2) is 243 Å². The third-order valence-corrected chi connectivity index (χ3v) is 13.4. The lowest BCUT2D eigenvalue weighted by Gasteiger charge is -2.03. The van der Waals surface area contributed by atoms with Gasteiger partial charge in [-0.05, 0) is 196 Å². The number of aromatic hydroxyl groups is 5. The molecule has 0 aliphatic carbocycles. The van der Waals surface area contributed by atoms with Gasteiger partial charge in [-0.2, -0.15) is 0 Å². The quantitative estimate of drug-likeness (QED) is 0.0346. The minimum absolute atomic E-state index is 0.000937. The first-order chi connectivity index (χ1) is 46.4. The molecule has 0 radical (unpaired) electrons. The van der Waals surface area contributed by atoms with Crippen molar-refractivity contribution in [2.45, 2.75) is 27.4 Å². The van der Waals surface area contributed by atoms with Crippen molar-refractivity contribution in [1.82, 2.24) is 0 Å². The summed E-state index contributed by atoms with van der Waals surface area (Å²) in [5.74, 6) is 11.3. The number of carbonyl (C=O) groups excluding carboxylic acids is 1. The third kappa shape index (κ3) is 23.9. The van der Waals surface area contributed by atoms with E-state index < -0.39 is 5.97 Å². The normalized spacial score (nSPS) is 10.6. The van der Waals surface area contributed by atoms with Crippen LogP contribution in [0, 0.1) is 70.1 Å². The molecule has 0 saturated heterocycles. The molecule has 0 saturated carbocycles. The molecule has 6 N–H and O–H groups in total. The minimum Gasteiger partial charge on any atom is -0.507 e. The van der Waals surface area contributed by atoms with Crippen LogP contribution in [0.2, 0.25) is 0 Å². The van der Waals surface area contributed by atoms with E-state index in [1.54, 1.807) is 105 Å². The Morgan fingerprint density at radius 3 is 1.15 bits per heavy atom. The highest BCUT2D eigenvalue weighted by Gasteiger charge is 2.09. The number of allylic oxidation sites excluding steroid dienone is 1. The topological polar surface area (TPSA) is 219 Å². The van der Waals surface area contributed by atoms with Crippen LogP contribution in [0.4, 0.5) is 28.4 Å². The highest BCUT2D eigenvalue weighted by atomic mass is 16.5. The van der Waals surface area contributed by atoms with Crippen LogP contribution < -0.4 is 4.74 Å². The summed E-state index contributed by atoms with van der Waals surface area (Å²) in [4.78, 5) is 32.9. The van der Waals surface area contributed by atoms with Gasteiger partial charge in [0, 0.05) is 81.1 Å². The molecule has 0 unspecified atom stereocenters.